The number of carbonyl (C=O) groups is 1. The van der Waals surface area contributed by atoms with Crippen LogP contribution in [-0.2, 0) is 21.4 Å². The molecular weight excluding hydrogens is 278 g/mol. The quantitative estimate of drug-likeness (QED) is 0.678. The number of benzene rings is 1. The van der Waals surface area contributed by atoms with E-state index in [0.29, 0.717) is 13.0 Å². The van der Waals surface area contributed by atoms with Crippen molar-refractivity contribution in [3.63, 3.8) is 0 Å². The minimum atomic E-state index is -3.68. The monoisotopic (exact) mass is 299 g/mol. The van der Waals surface area contributed by atoms with Crippen LogP contribution in [0.25, 0.3) is 0 Å². The topological polar surface area (TPSA) is 115 Å². The Morgan fingerprint density at radius 3 is 2.40 bits per heavy atom. The van der Waals surface area contributed by atoms with E-state index < -0.39 is 16.1 Å². The highest BCUT2D eigenvalue weighted by Crippen LogP contribution is 2.08. The van der Waals surface area contributed by atoms with Gasteiger partial charge in [0.1, 0.15) is 0 Å². The smallest absolute Gasteiger partial charge is 0.238 e. The number of amides is 1. The average Bonchev–Trinajstić information content (AvgIpc) is 2.41. The molecule has 5 N–H and O–H groups in total. The molecule has 112 valence electrons. The van der Waals surface area contributed by atoms with E-state index in [-0.39, 0.29) is 10.8 Å². The number of rotatable bonds is 7. The molecule has 0 saturated carbocycles. The molecule has 0 aliphatic carbocycles. The molecule has 0 saturated heterocycles. The van der Waals surface area contributed by atoms with Crippen LogP contribution >= 0.6 is 0 Å². The number of nitrogens with one attached hydrogen (secondary N) is 1. The summed E-state index contributed by atoms with van der Waals surface area (Å²) in [5, 5.41) is 7.72. The van der Waals surface area contributed by atoms with Crippen molar-refractivity contribution in [2.45, 2.75) is 43.7 Å². The number of primary sulfonamides is 1. The average molecular weight is 299 g/mol. The van der Waals surface area contributed by atoms with Crippen LogP contribution in [0.2, 0.25) is 0 Å². The third-order valence-corrected chi connectivity index (χ3v) is 3.85. The lowest BCUT2D eigenvalue weighted by atomic mass is 10.1. The summed E-state index contributed by atoms with van der Waals surface area (Å²) < 4.78 is 22.2. The standard InChI is InChI=1S/C13H21N3O3S/c1-2-3-4-12(14)13(17)16-9-10-5-7-11(8-6-10)20(15,18)19/h5-8,12H,2-4,9,14H2,1H3,(H,16,17)(H2,15,18,19). The lowest BCUT2D eigenvalue weighted by molar-refractivity contribution is -0.122. The van der Waals surface area contributed by atoms with Crippen molar-refractivity contribution < 1.29 is 13.2 Å². The molecule has 0 heterocycles. The Bertz CT molecular complexity index is 540. The van der Waals surface area contributed by atoms with E-state index in [4.69, 9.17) is 10.9 Å². The van der Waals surface area contributed by atoms with Crippen molar-refractivity contribution in [1.29, 1.82) is 0 Å². The Morgan fingerprint density at radius 1 is 1.30 bits per heavy atom. The predicted molar refractivity (Wildman–Crippen MR) is 77.2 cm³/mol. The Morgan fingerprint density at radius 2 is 1.90 bits per heavy atom. The zero-order valence-electron chi connectivity index (χ0n) is 11.5. The fraction of sp³-hybridized carbons (Fsp3) is 0.462. The molecule has 1 rings (SSSR count). The molecule has 1 atom stereocenters. The summed E-state index contributed by atoms with van der Waals surface area (Å²) in [4.78, 5) is 11.7. The van der Waals surface area contributed by atoms with Crippen LogP contribution in [0.15, 0.2) is 29.2 Å². The van der Waals surface area contributed by atoms with Crippen LogP contribution in [0, 0.1) is 0 Å². The van der Waals surface area contributed by atoms with Crippen LogP contribution in [0.5, 0.6) is 0 Å². The van der Waals surface area contributed by atoms with Crippen LogP contribution in [0.4, 0.5) is 0 Å². The van der Waals surface area contributed by atoms with Crippen molar-refractivity contribution in [2.75, 3.05) is 0 Å². The first-order valence-electron chi connectivity index (χ1n) is 6.49. The molecule has 0 spiro atoms. The molecule has 0 aliphatic heterocycles. The van der Waals surface area contributed by atoms with Gasteiger partial charge in [-0.25, -0.2) is 13.6 Å². The zero-order valence-corrected chi connectivity index (χ0v) is 12.3. The Hall–Kier alpha value is -1.44. The molecule has 1 aromatic rings. The van der Waals surface area contributed by atoms with E-state index in [9.17, 15) is 13.2 Å². The maximum absolute atomic E-state index is 11.7. The lowest BCUT2D eigenvalue weighted by Gasteiger charge is -2.11. The maximum atomic E-state index is 11.7. The second-order valence-electron chi connectivity index (χ2n) is 4.66. The number of nitrogens with two attached hydrogens (primary N) is 2. The highest BCUT2D eigenvalue weighted by atomic mass is 32.2. The lowest BCUT2D eigenvalue weighted by Crippen LogP contribution is -2.40. The van der Waals surface area contributed by atoms with Gasteiger partial charge in [-0.2, -0.15) is 0 Å². The first kappa shape index (κ1) is 16.6. The molecule has 1 unspecified atom stereocenters. The molecule has 0 aliphatic rings. The number of carbonyl (C=O) groups excluding carboxylic acids is 1. The minimum absolute atomic E-state index is 0.0484. The number of sulfonamides is 1. The normalized spacial score (nSPS) is 12.9. The van der Waals surface area contributed by atoms with Crippen molar-refractivity contribution in [3.05, 3.63) is 29.8 Å². The van der Waals surface area contributed by atoms with Crippen LogP contribution in [0.3, 0.4) is 0 Å². The summed E-state index contributed by atoms with van der Waals surface area (Å²) in [6, 6.07) is 5.54. The molecule has 1 aromatic carbocycles. The van der Waals surface area contributed by atoms with Gasteiger partial charge in [-0.15, -0.1) is 0 Å². The van der Waals surface area contributed by atoms with Gasteiger partial charge >= 0.3 is 0 Å². The van der Waals surface area contributed by atoms with Gasteiger partial charge in [-0.3, -0.25) is 4.79 Å². The highest BCUT2D eigenvalue weighted by molar-refractivity contribution is 7.89. The number of unbranched alkanes of at least 4 members (excludes halogenated alkanes) is 1. The summed E-state index contributed by atoms with van der Waals surface area (Å²) in [5.41, 5.74) is 6.53. The maximum Gasteiger partial charge on any atom is 0.238 e. The largest absolute Gasteiger partial charge is 0.351 e. The molecule has 6 nitrogen and oxygen atoms in total. The minimum Gasteiger partial charge on any atom is -0.351 e. The molecule has 1 amide bonds. The summed E-state index contributed by atoms with van der Waals surface area (Å²) in [7, 11) is -3.68. The SMILES string of the molecule is CCCCC(N)C(=O)NCc1ccc(S(N)(=O)=O)cc1. The van der Waals surface area contributed by atoms with Crippen LogP contribution in [0.1, 0.15) is 31.7 Å². The van der Waals surface area contributed by atoms with Gasteiger partial charge in [0.2, 0.25) is 15.9 Å². The van der Waals surface area contributed by atoms with Gasteiger partial charge in [0.05, 0.1) is 10.9 Å². The molecular formula is C13H21N3O3S. The van der Waals surface area contributed by atoms with Gasteiger partial charge in [-0.05, 0) is 24.1 Å². The van der Waals surface area contributed by atoms with Crippen LogP contribution < -0.4 is 16.2 Å². The van der Waals surface area contributed by atoms with E-state index in [0.717, 1.165) is 18.4 Å². The zero-order chi connectivity index (χ0) is 15.2. The van der Waals surface area contributed by atoms with E-state index in [1.54, 1.807) is 12.1 Å². The summed E-state index contributed by atoms with van der Waals surface area (Å²) in [6.07, 6.45) is 2.57. The van der Waals surface area contributed by atoms with Crippen molar-refractivity contribution in [3.8, 4) is 0 Å². The molecule has 7 heteroatoms. The van der Waals surface area contributed by atoms with Gasteiger partial charge in [0, 0.05) is 6.54 Å². The fourth-order valence-electron chi connectivity index (χ4n) is 1.67. The van der Waals surface area contributed by atoms with Gasteiger partial charge in [0.25, 0.3) is 0 Å². The highest BCUT2D eigenvalue weighted by Gasteiger charge is 2.12. The third-order valence-electron chi connectivity index (χ3n) is 2.92. The van der Waals surface area contributed by atoms with E-state index in [1.807, 2.05) is 6.92 Å². The molecule has 20 heavy (non-hydrogen) atoms. The van der Waals surface area contributed by atoms with Gasteiger partial charge < -0.3 is 11.1 Å². The third kappa shape index (κ3) is 5.28. The van der Waals surface area contributed by atoms with E-state index >= 15 is 0 Å². The second-order valence-corrected chi connectivity index (χ2v) is 6.22. The summed E-state index contributed by atoms with van der Waals surface area (Å²) in [5.74, 6) is -0.200. The molecule has 0 bridgehead atoms. The van der Waals surface area contributed by atoms with Crippen molar-refractivity contribution >= 4 is 15.9 Å². The van der Waals surface area contributed by atoms with Gasteiger partial charge in [-0.1, -0.05) is 31.9 Å². The predicted octanol–water partition coefficient (Wildman–Crippen LogP) is 0.468. The first-order chi connectivity index (χ1) is 9.34. The second kappa shape index (κ2) is 7.37. The Balaban J connectivity index is 2.52. The molecule has 0 radical (unpaired) electrons. The van der Waals surface area contributed by atoms with E-state index in [2.05, 4.69) is 5.32 Å². The van der Waals surface area contributed by atoms with E-state index in [1.165, 1.54) is 12.1 Å². The fourth-order valence-corrected chi connectivity index (χ4v) is 2.19. The van der Waals surface area contributed by atoms with Gasteiger partial charge in [0.15, 0.2) is 0 Å². The molecule has 0 aromatic heterocycles. The number of hydrogen-bond acceptors (Lipinski definition) is 4. The summed E-state index contributed by atoms with van der Waals surface area (Å²) in [6.45, 7) is 2.35. The summed E-state index contributed by atoms with van der Waals surface area (Å²) >= 11 is 0. The van der Waals surface area contributed by atoms with Crippen LogP contribution in [-0.4, -0.2) is 20.4 Å². The Labute approximate surface area is 119 Å². The number of hydrogen-bond donors (Lipinski definition) is 3. The Kier molecular flexibility index (Phi) is 6.12. The molecule has 0 fully saturated rings. The van der Waals surface area contributed by atoms with Crippen molar-refractivity contribution in [2.24, 2.45) is 10.9 Å². The van der Waals surface area contributed by atoms with Crippen molar-refractivity contribution in [1.82, 2.24) is 5.32 Å². The first-order valence-corrected chi connectivity index (χ1v) is 8.04.